The zero-order chi connectivity index (χ0) is 21.0. The van der Waals surface area contributed by atoms with Crippen molar-refractivity contribution in [1.29, 1.82) is 0 Å². The minimum absolute atomic E-state index is 0.0825. The highest BCUT2D eigenvalue weighted by Gasteiger charge is 2.26. The van der Waals surface area contributed by atoms with Gasteiger partial charge < -0.3 is 19.5 Å². The van der Waals surface area contributed by atoms with E-state index < -0.39 is 15.9 Å². The lowest BCUT2D eigenvalue weighted by Gasteiger charge is -2.24. The maximum absolute atomic E-state index is 12.6. The van der Waals surface area contributed by atoms with Crippen molar-refractivity contribution in [3.63, 3.8) is 0 Å². The Morgan fingerprint density at radius 2 is 1.86 bits per heavy atom. The van der Waals surface area contributed by atoms with Gasteiger partial charge in [-0.15, -0.1) is 0 Å². The van der Waals surface area contributed by atoms with Crippen LogP contribution in [-0.2, 0) is 14.8 Å². The third-order valence-electron chi connectivity index (χ3n) is 4.63. The lowest BCUT2D eigenvalue weighted by Crippen LogP contribution is -2.42. The van der Waals surface area contributed by atoms with Gasteiger partial charge >= 0.3 is 0 Å². The second-order valence-corrected chi connectivity index (χ2v) is 8.69. The number of ether oxygens (including phenoxy) is 3. The second kappa shape index (κ2) is 8.60. The van der Waals surface area contributed by atoms with E-state index in [2.05, 4.69) is 5.32 Å². The standard InChI is InChI=1S/C20H24N2O6S/c1-4-29(24,25)22(16-7-10-18-19(11-16)28-13-27-18)12-20(23)21-14(2)15-5-8-17(26-3)9-6-15/h5-11,14H,4,12-13H2,1-3H3,(H,21,23). The van der Waals surface area contributed by atoms with Crippen molar-refractivity contribution in [2.75, 3.05) is 30.5 Å². The number of nitrogens with zero attached hydrogens (tertiary/aromatic N) is 1. The molecular weight excluding hydrogens is 396 g/mol. The number of fused-ring (bicyclic) bond motifs is 1. The fourth-order valence-electron chi connectivity index (χ4n) is 2.94. The van der Waals surface area contributed by atoms with E-state index in [-0.39, 0.29) is 25.1 Å². The molecule has 1 aliphatic heterocycles. The smallest absolute Gasteiger partial charge is 0.241 e. The molecule has 0 spiro atoms. The van der Waals surface area contributed by atoms with E-state index in [0.717, 1.165) is 15.6 Å². The quantitative estimate of drug-likeness (QED) is 0.705. The summed E-state index contributed by atoms with van der Waals surface area (Å²) in [4.78, 5) is 12.6. The molecule has 1 atom stereocenters. The molecule has 0 aromatic heterocycles. The molecular formula is C20H24N2O6S. The Bertz CT molecular complexity index is 975. The number of hydrogen-bond donors (Lipinski definition) is 1. The van der Waals surface area contributed by atoms with E-state index in [4.69, 9.17) is 14.2 Å². The fraction of sp³-hybridized carbons (Fsp3) is 0.350. The van der Waals surface area contributed by atoms with Crippen molar-refractivity contribution >= 4 is 21.6 Å². The summed E-state index contributed by atoms with van der Waals surface area (Å²) in [5, 5.41) is 2.84. The zero-order valence-corrected chi connectivity index (χ0v) is 17.4. The third-order valence-corrected chi connectivity index (χ3v) is 6.37. The maximum Gasteiger partial charge on any atom is 0.241 e. The van der Waals surface area contributed by atoms with Crippen LogP contribution in [-0.4, -0.2) is 40.5 Å². The van der Waals surface area contributed by atoms with Gasteiger partial charge in [0.25, 0.3) is 0 Å². The Kier molecular flexibility index (Phi) is 6.17. The van der Waals surface area contributed by atoms with Gasteiger partial charge in [0.2, 0.25) is 22.7 Å². The molecule has 0 saturated heterocycles. The van der Waals surface area contributed by atoms with Crippen LogP contribution in [0.5, 0.6) is 17.2 Å². The topological polar surface area (TPSA) is 94.2 Å². The van der Waals surface area contributed by atoms with E-state index in [1.165, 1.54) is 6.92 Å². The lowest BCUT2D eigenvalue weighted by atomic mass is 10.1. The molecule has 0 bridgehead atoms. The molecule has 1 heterocycles. The van der Waals surface area contributed by atoms with Gasteiger partial charge in [0.15, 0.2) is 11.5 Å². The number of carbonyl (C=O) groups is 1. The number of rotatable bonds is 8. The predicted octanol–water partition coefficient (Wildman–Crippen LogP) is 2.46. The Labute approximate surface area is 170 Å². The number of methoxy groups -OCH3 is 1. The SMILES string of the molecule is CCS(=O)(=O)N(CC(=O)NC(C)c1ccc(OC)cc1)c1ccc2c(c1)OCO2. The van der Waals surface area contributed by atoms with Crippen molar-refractivity contribution in [1.82, 2.24) is 5.32 Å². The number of amides is 1. The number of anilines is 1. The molecule has 1 aliphatic rings. The second-order valence-electron chi connectivity index (χ2n) is 6.51. The van der Waals surface area contributed by atoms with Crippen molar-refractivity contribution in [3.8, 4) is 17.2 Å². The van der Waals surface area contributed by atoms with E-state index in [9.17, 15) is 13.2 Å². The summed E-state index contributed by atoms with van der Waals surface area (Å²) in [6.07, 6.45) is 0. The molecule has 2 aromatic rings. The van der Waals surface area contributed by atoms with Crippen LogP contribution in [0.2, 0.25) is 0 Å². The monoisotopic (exact) mass is 420 g/mol. The predicted molar refractivity (Wildman–Crippen MR) is 109 cm³/mol. The van der Waals surface area contributed by atoms with E-state index >= 15 is 0 Å². The first-order valence-electron chi connectivity index (χ1n) is 9.17. The zero-order valence-electron chi connectivity index (χ0n) is 16.5. The summed E-state index contributed by atoms with van der Waals surface area (Å²) in [6, 6.07) is 11.8. The summed E-state index contributed by atoms with van der Waals surface area (Å²) >= 11 is 0. The Morgan fingerprint density at radius 3 is 2.52 bits per heavy atom. The Hall–Kier alpha value is -2.94. The number of carbonyl (C=O) groups excluding carboxylic acids is 1. The highest BCUT2D eigenvalue weighted by atomic mass is 32.2. The van der Waals surface area contributed by atoms with Crippen molar-refractivity contribution < 1.29 is 27.4 Å². The molecule has 9 heteroatoms. The summed E-state index contributed by atoms with van der Waals surface area (Å²) < 4.78 is 42.1. The first-order chi connectivity index (χ1) is 13.8. The number of nitrogens with one attached hydrogen (secondary N) is 1. The summed E-state index contributed by atoms with van der Waals surface area (Å²) in [5.41, 5.74) is 1.23. The van der Waals surface area contributed by atoms with Gasteiger partial charge in [0.05, 0.1) is 24.6 Å². The molecule has 0 radical (unpaired) electrons. The molecule has 0 aliphatic carbocycles. The summed E-state index contributed by atoms with van der Waals surface area (Å²) in [5.74, 6) is 1.16. The van der Waals surface area contributed by atoms with Crippen LogP contribution < -0.4 is 23.8 Å². The van der Waals surface area contributed by atoms with Gasteiger partial charge in [0, 0.05) is 6.07 Å². The average molecular weight is 420 g/mol. The minimum atomic E-state index is -3.68. The molecule has 1 unspecified atom stereocenters. The van der Waals surface area contributed by atoms with Gasteiger partial charge in [-0.3, -0.25) is 9.10 Å². The molecule has 1 N–H and O–H groups in total. The van der Waals surface area contributed by atoms with Crippen LogP contribution in [0.1, 0.15) is 25.5 Å². The van der Waals surface area contributed by atoms with E-state index in [1.807, 2.05) is 19.1 Å². The van der Waals surface area contributed by atoms with Crippen LogP contribution in [0.4, 0.5) is 5.69 Å². The van der Waals surface area contributed by atoms with Gasteiger partial charge in [-0.1, -0.05) is 12.1 Å². The van der Waals surface area contributed by atoms with Crippen LogP contribution in [0.3, 0.4) is 0 Å². The lowest BCUT2D eigenvalue weighted by molar-refractivity contribution is -0.120. The molecule has 8 nitrogen and oxygen atoms in total. The van der Waals surface area contributed by atoms with Crippen molar-refractivity contribution in [2.24, 2.45) is 0 Å². The number of benzene rings is 2. The van der Waals surface area contributed by atoms with Crippen molar-refractivity contribution in [3.05, 3.63) is 48.0 Å². The number of hydrogen-bond acceptors (Lipinski definition) is 6. The average Bonchev–Trinajstić information content (AvgIpc) is 3.19. The normalized spacial score (nSPS) is 13.6. The molecule has 0 fully saturated rings. The molecule has 1 amide bonds. The van der Waals surface area contributed by atoms with Crippen LogP contribution in [0, 0.1) is 0 Å². The van der Waals surface area contributed by atoms with Gasteiger partial charge in [-0.25, -0.2) is 8.42 Å². The van der Waals surface area contributed by atoms with Gasteiger partial charge in [-0.05, 0) is 43.7 Å². The van der Waals surface area contributed by atoms with Crippen molar-refractivity contribution in [2.45, 2.75) is 19.9 Å². The maximum atomic E-state index is 12.6. The highest BCUT2D eigenvalue weighted by molar-refractivity contribution is 7.92. The summed E-state index contributed by atoms with van der Waals surface area (Å²) in [6.45, 7) is 3.11. The van der Waals surface area contributed by atoms with Gasteiger partial charge in [-0.2, -0.15) is 0 Å². The van der Waals surface area contributed by atoms with Crippen LogP contribution in [0.15, 0.2) is 42.5 Å². The Morgan fingerprint density at radius 1 is 1.17 bits per heavy atom. The first-order valence-corrected chi connectivity index (χ1v) is 10.8. The fourth-order valence-corrected chi connectivity index (χ4v) is 4.00. The molecule has 2 aromatic carbocycles. The summed E-state index contributed by atoms with van der Waals surface area (Å²) in [7, 11) is -2.09. The molecule has 156 valence electrons. The molecule has 29 heavy (non-hydrogen) atoms. The Balaban J connectivity index is 1.76. The number of sulfonamides is 1. The third kappa shape index (κ3) is 4.73. The molecule has 0 saturated carbocycles. The molecule has 3 rings (SSSR count). The van der Waals surface area contributed by atoms with Crippen LogP contribution >= 0.6 is 0 Å². The van der Waals surface area contributed by atoms with E-state index in [0.29, 0.717) is 17.2 Å². The highest BCUT2D eigenvalue weighted by Crippen LogP contribution is 2.36. The van der Waals surface area contributed by atoms with Crippen LogP contribution in [0.25, 0.3) is 0 Å². The minimum Gasteiger partial charge on any atom is -0.497 e. The van der Waals surface area contributed by atoms with Gasteiger partial charge in [0.1, 0.15) is 12.3 Å². The largest absolute Gasteiger partial charge is 0.497 e. The van der Waals surface area contributed by atoms with E-state index in [1.54, 1.807) is 37.4 Å². The first kappa shape index (κ1) is 20.8.